The highest BCUT2D eigenvalue weighted by Gasteiger charge is 2.09. The lowest BCUT2D eigenvalue weighted by Gasteiger charge is -2.07. The average Bonchev–Trinajstić information content (AvgIpc) is 2.47. The second kappa shape index (κ2) is 4.43. The number of aliphatic hydroxyl groups excluding tert-OH is 1. The molecule has 1 nitrogen and oxygen atoms in total. The summed E-state index contributed by atoms with van der Waals surface area (Å²) in [6.45, 7) is 5.66. The van der Waals surface area contributed by atoms with Gasteiger partial charge in [-0.1, -0.05) is 6.08 Å². The van der Waals surface area contributed by atoms with Gasteiger partial charge in [-0.25, -0.2) is 0 Å². The molecule has 0 aliphatic rings. The van der Waals surface area contributed by atoms with Gasteiger partial charge < -0.3 is 5.11 Å². The van der Waals surface area contributed by atoms with Crippen LogP contribution in [0, 0.1) is 6.92 Å². The summed E-state index contributed by atoms with van der Waals surface area (Å²) in [6.07, 6.45) is 3.18. The lowest BCUT2D eigenvalue weighted by atomic mass is 10.1. The molecule has 1 heterocycles. The van der Waals surface area contributed by atoms with Crippen molar-refractivity contribution >= 4 is 11.3 Å². The van der Waals surface area contributed by atoms with Crippen LogP contribution in [0.3, 0.4) is 0 Å². The number of thiophene rings is 1. The van der Waals surface area contributed by atoms with Crippen molar-refractivity contribution in [1.82, 2.24) is 0 Å². The predicted octanol–water partition coefficient (Wildman–Crippen LogP) is 3.06. The number of allylic oxidation sites excluding steroid dienone is 1. The number of rotatable bonds is 4. The average molecular weight is 182 g/mol. The zero-order chi connectivity index (χ0) is 8.97. The summed E-state index contributed by atoms with van der Waals surface area (Å²) in [6, 6.07) is 0. The van der Waals surface area contributed by atoms with E-state index in [0.717, 1.165) is 18.4 Å². The minimum Gasteiger partial charge on any atom is -0.388 e. The molecule has 2 heteroatoms. The van der Waals surface area contributed by atoms with Gasteiger partial charge in [0, 0.05) is 0 Å². The van der Waals surface area contributed by atoms with Crippen molar-refractivity contribution in [2.45, 2.75) is 25.9 Å². The summed E-state index contributed by atoms with van der Waals surface area (Å²) in [5.74, 6) is 0. The summed E-state index contributed by atoms with van der Waals surface area (Å²) in [5.41, 5.74) is 2.26. The molecule has 12 heavy (non-hydrogen) atoms. The SMILES string of the molecule is C=CCCC(O)c1cscc1C. The minimum absolute atomic E-state index is 0.311. The van der Waals surface area contributed by atoms with Crippen LogP contribution >= 0.6 is 11.3 Å². The fourth-order valence-corrected chi connectivity index (χ4v) is 2.04. The molecule has 1 atom stereocenters. The number of aryl methyl sites for hydroxylation is 1. The fourth-order valence-electron chi connectivity index (χ4n) is 1.14. The van der Waals surface area contributed by atoms with Crippen LogP contribution in [0.15, 0.2) is 23.4 Å². The molecular weight excluding hydrogens is 168 g/mol. The largest absolute Gasteiger partial charge is 0.388 e. The Morgan fingerprint density at radius 1 is 1.67 bits per heavy atom. The first kappa shape index (κ1) is 9.49. The van der Waals surface area contributed by atoms with Crippen LogP contribution < -0.4 is 0 Å². The van der Waals surface area contributed by atoms with Crippen LogP contribution in [0.5, 0.6) is 0 Å². The zero-order valence-corrected chi connectivity index (χ0v) is 8.10. The third-order valence-electron chi connectivity index (χ3n) is 1.90. The van der Waals surface area contributed by atoms with Crippen molar-refractivity contribution in [3.05, 3.63) is 34.5 Å². The zero-order valence-electron chi connectivity index (χ0n) is 7.29. The first-order valence-corrected chi connectivity index (χ1v) is 5.01. The van der Waals surface area contributed by atoms with E-state index in [1.54, 1.807) is 11.3 Å². The molecule has 0 aromatic carbocycles. The lowest BCUT2D eigenvalue weighted by Crippen LogP contribution is -1.96. The Hall–Kier alpha value is -0.600. The topological polar surface area (TPSA) is 20.2 Å². The number of hydrogen-bond acceptors (Lipinski definition) is 2. The number of aliphatic hydroxyl groups is 1. The molecule has 0 saturated carbocycles. The van der Waals surface area contributed by atoms with E-state index in [1.807, 2.05) is 18.4 Å². The van der Waals surface area contributed by atoms with Crippen LogP contribution in [0.2, 0.25) is 0 Å². The molecule has 66 valence electrons. The predicted molar refractivity (Wildman–Crippen MR) is 53.4 cm³/mol. The summed E-state index contributed by atoms with van der Waals surface area (Å²) >= 11 is 1.64. The van der Waals surface area contributed by atoms with Gasteiger partial charge in [0.25, 0.3) is 0 Å². The van der Waals surface area contributed by atoms with Gasteiger partial charge in [-0.3, -0.25) is 0 Å². The van der Waals surface area contributed by atoms with Crippen molar-refractivity contribution in [2.24, 2.45) is 0 Å². The van der Waals surface area contributed by atoms with Gasteiger partial charge in [0.1, 0.15) is 0 Å². The van der Waals surface area contributed by atoms with E-state index in [4.69, 9.17) is 0 Å². The Morgan fingerprint density at radius 3 is 2.92 bits per heavy atom. The molecule has 0 saturated heterocycles. The smallest absolute Gasteiger partial charge is 0.0803 e. The monoisotopic (exact) mass is 182 g/mol. The van der Waals surface area contributed by atoms with E-state index in [-0.39, 0.29) is 6.10 Å². The van der Waals surface area contributed by atoms with E-state index < -0.39 is 0 Å². The summed E-state index contributed by atoms with van der Waals surface area (Å²) in [5, 5.41) is 13.8. The van der Waals surface area contributed by atoms with Crippen molar-refractivity contribution in [2.75, 3.05) is 0 Å². The molecule has 0 bridgehead atoms. The first-order valence-electron chi connectivity index (χ1n) is 4.07. The first-order chi connectivity index (χ1) is 5.75. The molecule has 0 aliphatic carbocycles. The Bertz CT molecular complexity index is 252. The molecule has 0 fully saturated rings. The van der Waals surface area contributed by atoms with Crippen molar-refractivity contribution in [3.8, 4) is 0 Å². The second-order valence-electron chi connectivity index (χ2n) is 2.89. The van der Waals surface area contributed by atoms with Crippen molar-refractivity contribution in [1.29, 1.82) is 0 Å². The number of hydrogen-bond donors (Lipinski definition) is 1. The Labute approximate surface area is 77.4 Å². The molecule has 0 radical (unpaired) electrons. The maximum Gasteiger partial charge on any atom is 0.0803 e. The van der Waals surface area contributed by atoms with Crippen molar-refractivity contribution in [3.63, 3.8) is 0 Å². The minimum atomic E-state index is -0.311. The molecule has 1 aromatic rings. The van der Waals surface area contributed by atoms with Crippen LogP contribution in [0.25, 0.3) is 0 Å². The van der Waals surface area contributed by atoms with E-state index in [9.17, 15) is 5.11 Å². The summed E-state index contributed by atoms with van der Waals surface area (Å²) < 4.78 is 0. The Kier molecular flexibility index (Phi) is 3.50. The Balaban J connectivity index is 2.58. The van der Waals surface area contributed by atoms with Crippen LogP contribution in [-0.4, -0.2) is 5.11 Å². The van der Waals surface area contributed by atoms with Gasteiger partial charge in [-0.05, 0) is 41.7 Å². The quantitative estimate of drug-likeness (QED) is 0.709. The van der Waals surface area contributed by atoms with E-state index >= 15 is 0 Å². The van der Waals surface area contributed by atoms with Gasteiger partial charge in [-0.15, -0.1) is 6.58 Å². The summed E-state index contributed by atoms with van der Waals surface area (Å²) in [7, 11) is 0. The van der Waals surface area contributed by atoms with Crippen LogP contribution in [-0.2, 0) is 0 Å². The van der Waals surface area contributed by atoms with E-state index in [1.165, 1.54) is 5.56 Å². The highest BCUT2D eigenvalue weighted by atomic mass is 32.1. The molecule has 1 N–H and O–H groups in total. The van der Waals surface area contributed by atoms with Crippen LogP contribution in [0.4, 0.5) is 0 Å². The maximum absolute atomic E-state index is 9.68. The highest BCUT2D eigenvalue weighted by molar-refractivity contribution is 7.08. The molecule has 0 spiro atoms. The second-order valence-corrected chi connectivity index (χ2v) is 3.64. The third-order valence-corrected chi connectivity index (χ3v) is 2.78. The van der Waals surface area contributed by atoms with Gasteiger partial charge in [0.05, 0.1) is 6.10 Å². The van der Waals surface area contributed by atoms with E-state index in [0.29, 0.717) is 0 Å². The standard InChI is InChI=1S/C10H14OS/c1-3-4-5-10(11)9-7-12-6-8(9)2/h3,6-7,10-11H,1,4-5H2,2H3. The van der Waals surface area contributed by atoms with Crippen molar-refractivity contribution < 1.29 is 5.11 Å². The van der Waals surface area contributed by atoms with Gasteiger partial charge >= 0.3 is 0 Å². The molecule has 1 aromatic heterocycles. The fraction of sp³-hybridized carbons (Fsp3) is 0.400. The molecule has 0 aliphatic heterocycles. The molecule has 1 unspecified atom stereocenters. The highest BCUT2D eigenvalue weighted by Crippen LogP contribution is 2.24. The van der Waals surface area contributed by atoms with Gasteiger partial charge in [0.15, 0.2) is 0 Å². The normalized spacial score (nSPS) is 12.8. The Morgan fingerprint density at radius 2 is 2.42 bits per heavy atom. The van der Waals surface area contributed by atoms with Crippen LogP contribution in [0.1, 0.15) is 30.1 Å². The van der Waals surface area contributed by atoms with Gasteiger partial charge in [0.2, 0.25) is 0 Å². The molecular formula is C10H14OS. The van der Waals surface area contributed by atoms with E-state index in [2.05, 4.69) is 12.0 Å². The van der Waals surface area contributed by atoms with Gasteiger partial charge in [-0.2, -0.15) is 11.3 Å². The lowest BCUT2D eigenvalue weighted by molar-refractivity contribution is 0.168. The summed E-state index contributed by atoms with van der Waals surface area (Å²) in [4.78, 5) is 0. The molecule has 0 amide bonds. The third kappa shape index (κ3) is 2.19. The molecule has 1 rings (SSSR count). The maximum atomic E-state index is 9.68.